The van der Waals surface area contributed by atoms with E-state index in [1.165, 1.54) is 0 Å². The first-order chi connectivity index (χ1) is 10.7. The summed E-state index contributed by atoms with van der Waals surface area (Å²) < 4.78 is 13.2. The molecule has 0 unspecified atom stereocenters. The molecule has 1 aliphatic rings. The molecule has 0 saturated heterocycles. The van der Waals surface area contributed by atoms with Crippen molar-refractivity contribution < 1.29 is 9.26 Å². The van der Waals surface area contributed by atoms with Crippen LogP contribution in [0.5, 0.6) is 0 Å². The van der Waals surface area contributed by atoms with E-state index in [1.807, 2.05) is 29.8 Å². The Morgan fingerprint density at radius 1 is 1.27 bits per heavy atom. The maximum absolute atomic E-state index is 5.71. The van der Waals surface area contributed by atoms with Crippen molar-refractivity contribution >= 4 is 11.0 Å². The number of benzene rings is 1. The first kappa shape index (κ1) is 13.5. The van der Waals surface area contributed by atoms with Gasteiger partial charge >= 0.3 is 0 Å². The minimum atomic E-state index is -0.378. The van der Waals surface area contributed by atoms with Crippen molar-refractivity contribution in [3.8, 4) is 11.5 Å². The molecule has 0 N–H and O–H groups in total. The summed E-state index contributed by atoms with van der Waals surface area (Å²) >= 11 is 0. The van der Waals surface area contributed by atoms with Gasteiger partial charge in [-0.25, -0.2) is 4.98 Å². The molecular weight excluding hydrogens is 280 g/mol. The van der Waals surface area contributed by atoms with Crippen LogP contribution in [0.4, 0.5) is 0 Å². The average molecular weight is 298 g/mol. The van der Waals surface area contributed by atoms with E-state index in [-0.39, 0.29) is 5.60 Å². The van der Waals surface area contributed by atoms with Gasteiger partial charge in [0.15, 0.2) is 0 Å². The molecule has 0 aliphatic heterocycles. The van der Waals surface area contributed by atoms with Crippen LogP contribution in [-0.4, -0.2) is 26.8 Å². The lowest BCUT2D eigenvalue weighted by Gasteiger charge is -2.22. The van der Waals surface area contributed by atoms with Gasteiger partial charge in [0.1, 0.15) is 5.60 Å². The Labute approximate surface area is 128 Å². The van der Waals surface area contributed by atoms with Gasteiger partial charge in [-0.3, -0.25) is 0 Å². The fourth-order valence-corrected chi connectivity index (χ4v) is 3.26. The second-order valence-corrected chi connectivity index (χ2v) is 5.89. The third-order valence-electron chi connectivity index (χ3n) is 4.61. The monoisotopic (exact) mass is 298 g/mol. The molecule has 1 saturated carbocycles. The second-order valence-electron chi connectivity index (χ2n) is 5.89. The minimum Gasteiger partial charge on any atom is -0.370 e. The molecule has 2 heterocycles. The van der Waals surface area contributed by atoms with Crippen molar-refractivity contribution in [2.75, 3.05) is 7.11 Å². The van der Waals surface area contributed by atoms with E-state index in [1.54, 1.807) is 13.4 Å². The summed E-state index contributed by atoms with van der Waals surface area (Å²) in [6.07, 6.45) is 5.96. The molecule has 0 radical (unpaired) electrons. The number of rotatable bonds is 3. The highest BCUT2D eigenvalue weighted by atomic mass is 16.5. The van der Waals surface area contributed by atoms with Crippen LogP contribution in [0.15, 0.2) is 29.0 Å². The number of ether oxygens (including phenoxy) is 1. The van der Waals surface area contributed by atoms with E-state index < -0.39 is 0 Å². The predicted molar refractivity (Wildman–Crippen MR) is 81.2 cm³/mol. The summed E-state index contributed by atoms with van der Waals surface area (Å²) in [4.78, 5) is 8.95. The van der Waals surface area contributed by atoms with E-state index in [0.29, 0.717) is 11.7 Å². The fourth-order valence-electron chi connectivity index (χ4n) is 3.26. The molecular formula is C16H18N4O2. The van der Waals surface area contributed by atoms with Gasteiger partial charge in [-0.2, -0.15) is 4.98 Å². The topological polar surface area (TPSA) is 66.0 Å². The van der Waals surface area contributed by atoms with Gasteiger partial charge in [0.2, 0.25) is 5.82 Å². The Hall–Kier alpha value is -2.21. The minimum absolute atomic E-state index is 0.378. The smallest absolute Gasteiger partial charge is 0.258 e. The normalized spacial score (nSPS) is 17.4. The maximum Gasteiger partial charge on any atom is 0.258 e. The molecule has 1 aliphatic carbocycles. The van der Waals surface area contributed by atoms with Gasteiger partial charge in [-0.15, -0.1) is 0 Å². The zero-order valence-electron chi connectivity index (χ0n) is 12.7. The van der Waals surface area contributed by atoms with Crippen molar-refractivity contribution in [3.05, 3.63) is 30.4 Å². The Bertz CT molecular complexity index is 815. The Morgan fingerprint density at radius 2 is 2.09 bits per heavy atom. The van der Waals surface area contributed by atoms with E-state index in [9.17, 15) is 0 Å². The summed E-state index contributed by atoms with van der Waals surface area (Å²) in [5.74, 6) is 1.18. The summed E-state index contributed by atoms with van der Waals surface area (Å²) in [5.41, 5.74) is 2.50. The summed E-state index contributed by atoms with van der Waals surface area (Å²) in [5, 5.41) is 4.17. The third-order valence-corrected chi connectivity index (χ3v) is 4.61. The summed E-state index contributed by atoms with van der Waals surface area (Å²) in [6, 6.07) is 5.97. The lowest BCUT2D eigenvalue weighted by Crippen LogP contribution is -2.25. The Morgan fingerprint density at radius 3 is 2.86 bits per heavy atom. The lowest BCUT2D eigenvalue weighted by molar-refractivity contribution is -0.0178. The highest BCUT2D eigenvalue weighted by Crippen LogP contribution is 2.40. The summed E-state index contributed by atoms with van der Waals surface area (Å²) in [6.45, 7) is 0. The zero-order valence-corrected chi connectivity index (χ0v) is 12.7. The molecule has 0 spiro atoms. The number of hydrogen-bond acceptors (Lipinski definition) is 5. The molecule has 1 fully saturated rings. The molecule has 22 heavy (non-hydrogen) atoms. The first-order valence-electron chi connectivity index (χ1n) is 7.53. The van der Waals surface area contributed by atoms with Crippen LogP contribution in [0.1, 0.15) is 31.5 Å². The molecule has 0 atom stereocenters. The van der Waals surface area contributed by atoms with Crippen molar-refractivity contribution in [3.63, 3.8) is 0 Å². The Balaban J connectivity index is 1.73. The van der Waals surface area contributed by atoms with E-state index >= 15 is 0 Å². The standard InChI is InChI=1S/C16H18N4O2/c1-20-10-17-12-9-11(5-6-13(12)20)14-18-15(19-22-14)16(21-2)7-3-4-8-16/h5-6,9-10H,3-4,7-8H2,1-2H3. The van der Waals surface area contributed by atoms with E-state index in [0.717, 1.165) is 42.3 Å². The van der Waals surface area contributed by atoms with Crippen molar-refractivity contribution in [1.29, 1.82) is 0 Å². The number of nitrogens with zero attached hydrogens (tertiary/aromatic N) is 4. The van der Waals surface area contributed by atoms with Gasteiger partial charge in [0, 0.05) is 19.7 Å². The lowest BCUT2D eigenvalue weighted by atomic mass is 10.0. The zero-order chi connectivity index (χ0) is 15.2. The van der Waals surface area contributed by atoms with Crippen LogP contribution in [0.3, 0.4) is 0 Å². The molecule has 1 aromatic carbocycles. The van der Waals surface area contributed by atoms with Crippen LogP contribution in [0.2, 0.25) is 0 Å². The number of fused-ring (bicyclic) bond motifs is 1. The molecule has 2 aromatic heterocycles. The van der Waals surface area contributed by atoms with Crippen molar-refractivity contribution in [2.24, 2.45) is 7.05 Å². The number of methoxy groups -OCH3 is 1. The van der Waals surface area contributed by atoms with Crippen LogP contribution in [-0.2, 0) is 17.4 Å². The molecule has 4 rings (SSSR count). The number of hydrogen-bond donors (Lipinski definition) is 0. The second kappa shape index (κ2) is 4.91. The van der Waals surface area contributed by atoms with Crippen molar-refractivity contribution in [2.45, 2.75) is 31.3 Å². The van der Waals surface area contributed by atoms with Crippen LogP contribution in [0, 0.1) is 0 Å². The highest BCUT2D eigenvalue weighted by Gasteiger charge is 2.40. The van der Waals surface area contributed by atoms with Gasteiger partial charge in [-0.05, 0) is 43.9 Å². The fraction of sp³-hybridized carbons (Fsp3) is 0.438. The average Bonchev–Trinajstić information content (AvgIpc) is 3.27. The van der Waals surface area contributed by atoms with Crippen LogP contribution >= 0.6 is 0 Å². The highest BCUT2D eigenvalue weighted by molar-refractivity contribution is 5.80. The molecule has 3 aromatic rings. The van der Waals surface area contributed by atoms with E-state index in [2.05, 4.69) is 15.1 Å². The van der Waals surface area contributed by atoms with E-state index in [4.69, 9.17) is 9.26 Å². The molecule has 0 bridgehead atoms. The van der Waals surface area contributed by atoms with Gasteiger partial charge < -0.3 is 13.8 Å². The van der Waals surface area contributed by atoms with Gasteiger partial charge in [0.25, 0.3) is 5.89 Å². The summed E-state index contributed by atoms with van der Waals surface area (Å²) in [7, 11) is 3.70. The van der Waals surface area contributed by atoms with Crippen LogP contribution < -0.4 is 0 Å². The third kappa shape index (κ3) is 1.94. The Kier molecular flexibility index (Phi) is 3.00. The first-order valence-corrected chi connectivity index (χ1v) is 7.53. The quantitative estimate of drug-likeness (QED) is 0.743. The van der Waals surface area contributed by atoms with Crippen LogP contribution in [0.25, 0.3) is 22.5 Å². The number of aromatic nitrogens is 4. The number of aryl methyl sites for hydroxylation is 1. The molecule has 114 valence electrons. The number of imidazole rings is 1. The largest absolute Gasteiger partial charge is 0.370 e. The van der Waals surface area contributed by atoms with Gasteiger partial charge in [0.05, 0.1) is 17.4 Å². The predicted octanol–water partition coefficient (Wildman–Crippen LogP) is 3.04. The maximum atomic E-state index is 5.71. The SMILES string of the molecule is COC1(c2noc(-c3ccc4c(c3)ncn4C)n2)CCCC1. The molecule has 0 amide bonds. The van der Waals surface area contributed by atoms with Crippen molar-refractivity contribution in [1.82, 2.24) is 19.7 Å². The molecule has 6 heteroatoms. The van der Waals surface area contributed by atoms with Gasteiger partial charge in [-0.1, -0.05) is 5.16 Å². The molecule has 6 nitrogen and oxygen atoms in total.